The standard InChI is InChI=1S/C18H28N2O3.ClH/c1-3-5-12-19-13-11-17(21)20-16-9-7-15(8-10-16)18(22)23-14-6-4-2;/h7-10,19H,3-6,11-14H2,1-2H3,(H,20,21);1H. The Morgan fingerprint density at radius 1 is 1.00 bits per heavy atom. The summed E-state index contributed by atoms with van der Waals surface area (Å²) in [6.45, 7) is 6.24. The van der Waals surface area contributed by atoms with Gasteiger partial charge in [-0.25, -0.2) is 4.79 Å². The molecule has 0 saturated carbocycles. The molecule has 0 aliphatic carbocycles. The number of hydrogen-bond donors (Lipinski definition) is 2. The van der Waals surface area contributed by atoms with Crippen LogP contribution >= 0.6 is 12.4 Å². The van der Waals surface area contributed by atoms with Gasteiger partial charge >= 0.3 is 5.97 Å². The first-order chi connectivity index (χ1) is 11.2. The van der Waals surface area contributed by atoms with Crippen LogP contribution in [-0.2, 0) is 9.53 Å². The third-order valence-corrected chi connectivity index (χ3v) is 3.37. The molecular weight excluding hydrogens is 328 g/mol. The molecule has 0 spiro atoms. The average Bonchev–Trinajstić information content (AvgIpc) is 2.55. The molecule has 1 aromatic carbocycles. The summed E-state index contributed by atoms with van der Waals surface area (Å²) in [6.07, 6.45) is 4.56. The zero-order chi connectivity index (χ0) is 16.9. The molecule has 1 amide bonds. The minimum Gasteiger partial charge on any atom is -0.462 e. The largest absolute Gasteiger partial charge is 0.462 e. The fourth-order valence-corrected chi connectivity index (χ4v) is 1.93. The fraction of sp³-hybridized carbons (Fsp3) is 0.556. The van der Waals surface area contributed by atoms with Crippen LogP contribution in [0.3, 0.4) is 0 Å². The predicted molar refractivity (Wildman–Crippen MR) is 99.9 cm³/mol. The van der Waals surface area contributed by atoms with Crippen molar-refractivity contribution in [1.29, 1.82) is 0 Å². The lowest BCUT2D eigenvalue weighted by atomic mass is 10.2. The quantitative estimate of drug-likeness (QED) is 0.467. The number of unbranched alkanes of at least 4 members (excludes halogenated alkanes) is 2. The van der Waals surface area contributed by atoms with Gasteiger partial charge in [0.25, 0.3) is 0 Å². The summed E-state index contributed by atoms with van der Waals surface area (Å²) < 4.78 is 5.14. The van der Waals surface area contributed by atoms with E-state index in [1.165, 1.54) is 0 Å². The topological polar surface area (TPSA) is 67.4 Å². The lowest BCUT2D eigenvalue weighted by molar-refractivity contribution is -0.116. The van der Waals surface area contributed by atoms with E-state index in [2.05, 4.69) is 17.6 Å². The zero-order valence-electron chi connectivity index (χ0n) is 14.6. The summed E-state index contributed by atoms with van der Waals surface area (Å²) in [5.41, 5.74) is 1.19. The average molecular weight is 357 g/mol. The Labute approximate surface area is 151 Å². The molecule has 0 bridgehead atoms. The first-order valence-electron chi connectivity index (χ1n) is 8.45. The van der Waals surface area contributed by atoms with Crippen LogP contribution in [-0.4, -0.2) is 31.6 Å². The Bertz CT molecular complexity index is 478. The number of ether oxygens (including phenoxy) is 1. The number of anilines is 1. The Balaban J connectivity index is 0.00000529. The number of amides is 1. The van der Waals surface area contributed by atoms with Gasteiger partial charge in [-0.15, -0.1) is 12.4 Å². The molecule has 0 saturated heterocycles. The first kappa shape index (κ1) is 22.4. The minimum absolute atomic E-state index is 0. The van der Waals surface area contributed by atoms with E-state index in [1.807, 2.05) is 6.92 Å². The number of rotatable bonds is 11. The number of halogens is 1. The molecule has 0 aliphatic heterocycles. The van der Waals surface area contributed by atoms with Crippen molar-refractivity contribution in [3.63, 3.8) is 0 Å². The van der Waals surface area contributed by atoms with Crippen LogP contribution in [0.2, 0.25) is 0 Å². The van der Waals surface area contributed by atoms with E-state index in [-0.39, 0.29) is 24.3 Å². The van der Waals surface area contributed by atoms with Crippen LogP contribution in [0.5, 0.6) is 0 Å². The molecule has 0 aromatic heterocycles. The molecule has 0 radical (unpaired) electrons. The zero-order valence-corrected chi connectivity index (χ0v) is 15.4. The molecule has 24 heavy (non-hydrogen) atoms. The molecule has 0 unspecified atom stereocenters. The lowest BCUT2D eigenvalue weighted by Crippen LogP contribution is -2.22. The normalized spacial score (nSPS) is 9.92. The van der Waals surface area contributed by atoms with Crippen LogP contribution < -0.4 is 10.6 Å². The van der Waals surface area contributed by atoms with Crippen LogP contribution in [0.15, 0.2) is 24.3 Å². The summed E-state index contributed by atoms with van der Waals surface area (Å²) in [6, 6.07) is 6.78. The van der Waals surface area contributed by atoms with Crippen molar-refractivity contribution >= 4 is 30.0 Å². The van der Waals surface area contributed by atoms with E-state index in [0.29, 0.717) is 30.8 Å². The SMILES string of the molecule is CCCCNCCC(=O)Nc1ccc(C(=O)OCCCC)cc1.Cl. The second kappa shape index (κ2) is 13.8. The highest BCUT2D eigenvalue weighted by Gasteiger charge is 2.07. The maximum atomic E-state index is 11.8. The first-order valence-corrected chi connectivity index (χ1v) is 8.45. The van der Waals surface area contributed by atoms with Crippen molar-refractivity contribution < 1.29 is 14.3 Å². The van der Waals surface area contributed by atoms with Gasteiger partial charge in [0, 0.05) is 18.7 Å². The fourth-order valence-electron chi connectivity index (χ4n) is 1.93. The van der Waals surface area contributed by atoms with Gasteiger partial charge in [0.1, 0.15) is 0 Å². The number of carbonyl (C=O) groups excluding carboxylic acids is 2. The van der Waals surface area contributed by atoms with Gasteiger partial charge in [-0.05, 0) is 43.7 Å². The van der Waals surface area contributed by atoms with E-state index in [0.717, 1.165) is 32.2 Å². The van der Waals surface area contributed by atoms with E-state index in [4.69, 9.17) is 4.74 Å². The Morgan fingerprint density at radius 2 is 1.67 bits per heavy atom. The molecule has 0 atom stereocenters. The number of carbonyl (C=O) groups is 2. The molecule has 1 rings (SSSR count). The monoisotopic (exact) mass is 356 g/mol. The van der Waals surface area contributed by atoms with Crippen molar-refractivity contribution in [2.45, 2.75) is 46.0 Å². The molecule has 0 aliphatic rings. The van der Waals surface area contributed by atoms with Gasteiger partial charge in [-0.2, -0.15) is 0 Å². The number of nitrogens with one attached hydrogen (secondary N) is 2. The molecule has 0 heterocycles. The summed E-state index contributed by atoms with van der Waals surface area (Å²) in [5, 5.41) is 6.05. The highest BCUT2D eigenvalue weighted by Crippen LogP contribution is 2.11. The summed E-state index contributed by atoms with van der Waals surface area (Å²) in [7, 11) is 0. The molecule has 136 valence electrons. The van der Waals surface area contributed by atoms with E-state index in [1.54, 1.807) is 24.3 Å². The predicted octanol–water partition coefficient (Wildman–Crippen LogP) is 3.78. The van der Waals surface area contributed by atoms with E-state index >= 15 is 0 Å². The summed E-state index contributed by atoms with van der Waals surface area (Å²) >= 11 is 0. The van der Waals surface area contributed by atoms with Gasteiger partial charge in [-0.3, -0.25) is 4.79 Å². The van der Waals surface area contributed by atoms with Crippen molar-refractivity contribution in [2.75, 3.05) is 25.0 Å². The smallest absolute Gasteiger partial charge is 0.338 e. The molecule has 1 aromatic rings. The van der Waals surface area contributed by atoms with Crippen molar-refractivity contribution in [3.8, 4) is 0 Å². The highest BCUT2D eigenvalue weighted by molar-refractivity contribution is 5.93. The van der Waals surface area contributed by atoms with E-state index in [9.17, 15) is 9.59 Å². The molecule has 0 fully saturated rings. The van der Waals surface area contributed by atoms with Crippen molar-refractivity contribution in [2.24, 2.45) is 0 Å². The Kier molecular flexibility index (Phi) is 12.9. The minimum atomic E-state index is -0.323. The van der Waals surface area contributed by atoms with Gasteiger partial charge in [0.05, 0.1) is 12.2 Å². The summed E-state index contributed by atoms with van der Waals surface area (Å²) in [4.78, 5) is 23.6. The molecular formula is C18H29ClN2O3. The second-order valence-corrected chi connectivity index (χ2v) is 5.47. The van der Waals surface area contributed by atoms with Gasteiger partial charge in [0.15, 0.2) is 0 Å². The molecule has 2 N–H and O–H groups in total. The van der Waals surface area contributed by atoms with Crippen LogP contribution in [0.4, 0.5) is 5.69 Å². The van der Waals surface area contributed by atoms with Crippen molar-refractivity contribution in [3.05, 3.63) is 29.8 Å². The number of esters is 1. The van der Waals surface area contributed by atoms with Crippen molar-refractivity contribution in [1.82, 2.24) is 5.32 Å². The molecule has 5 nitrogen and oxygen atoms in total. The maximum Gasteiger partial charge on any atom is 0.338 e. The van der Waals surface area contributed by atoms with Crippen LogP contribution in [0.25, 0.3) is 0 Å². The van der Waals surface area contributed by atoms with Crippen LogP contribution in [0, 0.1) is 0 Å². The Morgan fingerprint density at radius 3 is 2.29 bits per heavy atom. The highest BCUT2D eigenvalue weighted by atomic mass is 35.5. The van der Waals surface area contributed by atoms with Crippen LogP contribution in [0.1, 0.15) is 56.3 Å². The third kappa shape index (κ3) is 9.53. The van der Waals surface area contributed by atoms with Gasteiger partial charge in [-0.1, -0.05) is 26.7 Å². The maximum absolute atomic E-state index is 11.8. The number of hydrogen-bond acceptors (Lipinski definition) is 4. The van der Waals surface area contributed by atoms with Gasteiger partial charge in [0.2, 0.25) is 5.91 Å². The number of benzene rings is 1. The van der Waals surface area contributed by atoms with Gasteiger partial charge < -0.3 is 15.4 Å². The summed E-state index contributed by atoms with van der Waals surface area (Å²) in [5.74, 6) is -0.358. The third-order valence-electron chi connectivity index (χ3n) is 3.37. The molecule has 6 heteroatoms. The lowest BCUT2D eigenvalue weighted by Gasteiger charge is -2.07. The second-order valence-electron chi connectivity index (χ2n) is 5.47. The van der Waals surface area contributed by atoms with E-state index < -0.39 is 0 Å². The Hall–Kier alpha value is -1.59.